The quantitative estimate of drug-likeness (QED) is 0.499. The lowest BCUT2D eigenvalue weighted by atomic mass is 10.1. The zero-order chi connectivity index (χ0) is 9.56. The number of rotatable bonds is 4. The van der Waals surface area contributed by atoms with Crippen LogP contribution in [-0.2, 0) is 14.3 Å². The molecular formula is C8H15NO3. The van der Waals surface area contributed by atoms with Crippen LogP contribution in [0.1, 0.15) is 33.1 Å². The summed E-state index contributed by atoms with van der Waals surface area (Å²) in [5, 5.41) is 0. The Kier molecular flexibility index (Phi) is 5.28. The average Bonchev–Trinajstić information content (AvgIpc) is 1.98. The highest BCUT2D eigenvalue weighted by atomic mass is 16.6. The minimum absolute atomic E-state index is 0.572. The lowest BCUT2D eigenvalue weighted by molar-refractivity contribution is -0.159. The van der Waals surface area contributed by atoms with E-state index in [1.54, 1.807) is 0 Å². The molecule has 0 aliphatic heterocycles. The molecule has 1 unspecified atom stereocenters. The fraction of sp³-hybridized carbons (Fsp3) is 0.750. The largest absolute Gasteiger partial charge is 0.392 e. The molecule has 0 aliphatic carbocycles. The number of ether oxygens (including phenoxy) is 1. The van der Waals surface area contributed by atoms with E-state index in [4.69, 9.17) is 5.73 Å². The van der Waals surface area contributed by atoms with Crippen molar-refractivity contribution in [3.8, 4) is 0 Å². The van der Waals surface area contributed by atoms with E-state index >= 15 is 0 Å². The molecule has 0 rings (SSSR count). The van der Waals surface area contributed by atoms with E-state index in [0.717, 1.165) is 12.8 Å². The highest BCUT2D eigenvalue weighted by Gasteiger charge is 2.15. The van der Waals surface area contributed by atoms with Crippen LogP contribution < -0.4 is 5.73 Å². The molecule has 0 aromatic carbocycles. The molecule has 0 aromatic heterocycles. The molecule has 0 spiro atoms. The molecule has 2 N–H and O–H groups in total. The molecule has 12 heavy (non-hydrogen) atoms. The van der Waals surface area contributed by atoms with Gasteiger partial charge in [-0.2, -0.15) is 0 Å². The Hall–Kier alpha value is -0.900. The third-order valence-electron chi connectivity index (χ3n) is 1.42. The molecule has 70 valence electrons. The first kappa shape index (κ1) is 11.1. The van der Waals surface area contributed by atoms with Crippen molar-refractivity contribution in [3.05, 3.63) is 0 Å². The molecule has 0 aromatic rings. The average molecular weight is 173 g/mol. The van der Waals surface area contributed by atoms with E-state index in [1.165, 1.54) is 6.92 Å². The topological polar surface area (TPSA) is 69.4 Å². The molecule has 0 radical (unpaired) electrons. The smallest absolute Gasteiger partial charge is 0.330 e. The molecule has 0 amide bonds. The van der Waals surface area contributed by atoms with Crippen LogP contribution in [0.2, 0.25) is 0 Å². The van der Waals surface area contributed by atoms with Gasteiger partial charge >= 0.3 is 11.9 Å². The van der Waals surface area contributed by atoms with Gasteiger partial charge in [-0.3, -0.25) is 4.79 Å². The molecule has 0 heterocycles. The van der Waals surface area contributed by atoms with Crippen molar-refractivity contribution < 1.29 is 14.3 Å². The third kappa shape index (κ3) is 4.85. The van der Waals surface area contributed by atoms with E-state index in [1.807, 2.05) is 6.92 Å². The molecule has 0 fully saturated rings. The van der Waals surface area contributed by atoms with Crippen molar-refractivity contribution in [3.63, 3.8) is 0 Å². The van der Waals surface area contributed by atoms with Gasteiger partial charge in [-0.15, -0.1) is 0 Å². The predicted molar refractivity (Wildman–Crippen MR) is 44.3 cm³/mol. The molecular weight excluding hydrogens is 158 g/mol. The summed E-state index contributed by atoms with van der Waals surface area (Å²) in [4.78, 5) is 21.2. The minimum Gasteiger partial charge on any atom is -0.392 e. The zero-order valence-corrected chi connectivity index (χ0v) is 7.50. The van der Waals surface area contributed by atoms with Crippen LogP contribution >= 0.6 is 0 Å². The van der Waals surface area contributed by atoms with Gasteiger partial charge in [-0.05, 0) is 6.42 Å². The van der Waals surface area contributed by atoms with Crippen molar-refractivity contribution >= 4 is 11.9 Å². The van der Waals surface area contributed by atoms with Crippen molar-refractivity contribution in [2.24, 2.45) is 5.73 Å². The third-order valence-corrected chi connectivity index (χ3v) is 1.42. The summed E-state index contributed by atoms with van der Waals surface area (Å²) in [6.45, 7) is 3.19. The Labute approximate surface area is 72.1 Å². The van der Waals surface area contributed by atoms with Crippen LogP contribution in [0.4, 0.5) is 0 Å². The van der Waals surface area contributed by atoms with Crippen molar-refractivity contribution in [2.45, 2.75) is 39.2 Å². The van der Waals surface area contributed by atoms with Crippen LogP contribution in [-0.4, -0.2) is 18.0 Å². The molecule has 0 saturated carbocycles. The Morgan fingerprint density at radius 3 is 2.50 bits per heavy atom. The second-order valence-electron chi connectivity index (χ2n) is 2.66. The van der Waals surface area contributed by atoms with Crippen LogP contribution in [0, 0.1) is 0 Å². The summed E-state index contributed by atoms with van der Waals surface area (Å²) >= 11 is 0. The monoisotopic (exact) mass is 173 g/mol. The molecule has 0 saturated heterocycles. The van der Waals surface area contributed by atoms with Crippen LogP contribution in [0.15, 0.2) is 0 Å². The van der Waals surface area contributed by atoms with Gasteiger partial charge in [-0.25, -0.2) is 4.79 Å². The molecule has 0 bridgehead atoms. The predicted octanol–water partition coefficient (Wildman–Crippen LogP) is 0.594. The van der Waals surface area contributed by atoms with Gasteiger partial charge in [0.05, 0.1) is 0 Å². The first-order chi connectivity index (χ1) is 5.57. The lowest BCUT2D eigenvalue weighted by Crippen LogP contribution is -2.33. The number of nitrogens with two attached hydrogens (primary N) is 1. The molecule has 0 aliphatic rings. The highest BCUT2D eigenvalue weighted by molar-refractivity contribution is 5.87. The summed E-state index contributed by atoms with van der Waals surface area (Å²) in [7, 11) is 0. The van der Waals surface area contributed by atoms with E-state index in [-0.39, 0.29) is 0 Å². The molecule has 4 nitrogen and oxygen atoms in total. The number of hydrogen-bond acceptors (Lipinski definition) is 4. The fourth-order valence-electron chi connectivity index (χ4n) is 0.759. The Morgan fingerprint density at radius 1 is 1.50 bits per heavy atom. The van der Waals surface area contributed by atoms with Crippen molar-refractivity contribution in [1.29, 1.82) is 0 Å². The van der Waals surface area contributed by atoms with Crippen LogP contribution in [0.5, 0.6) is 0 Å². The minimum atomic E-state index is -0.658. The number of unbranched alkanes of at least 4 members (excludes halogenated alkanes) is 1. The summed E-state index contributed by atoms with van der Waals surface area (Å²) in [5.41, 5.74) is 5.42. The highest BCUT2D eigenvalue weighted by Crippen LogP contribution is 1.99. The van der Waals surface area contributed by atoms with Crippen molar-refractivity contribution in [1.82, 2.24) is 0 Å². The number of esters is 2. The SMILES string of the molecule is CCCCC(N)C(=O)OC(C)=O. The van der Waals surface area contributed by atoms with Gasteiger partial charge < -0.3 is 10.5 Å². The first-order valence-electron chi connectivity index (χ1n) is 4.05. The van der Waals surface area contributed by atoms with Gasteiger partial charge in [-0.1, -0.05) is 19.8 Å². The summed E-state index contributed by atoms with van der Waals surface area (Å²) in [5.74, 6) is -1.23. The molecule has 1 atom stereocenters. The van der Waals surface area contributed by atoms with Gasteiger partial charge in [0.1, 0.15) is 6.04 Å². The maximum atomic E-state index is 10.9. The Bertz CT molecular complexity index is 168. The lowest BCUT2D eigenvalue weighted by Gasteiger charge is -2.07. The van der Waals surface area contributed by atoms with E-state index in [2.05, 4.69) is 4.74 Å². The van der Waals surface area contributed by atoms with Gasteiger partial charge in [0, 0.05) is 6.92 Å². The normalized spacial score (nSPS) is 12.2. The second-order valence-corrected chi connectivity index (χ2v) is 2.66. The standard InChI is InChI=1S/C8H15NO3/c1-3-4-5-7(9)8(11)12-6(2)10/h7H,3-5,9H2,1-2H3. The van der Waals surface area contributed by atoms with Gasteiger partial charge in [0.25, 0.3) is 0 Å². The maximum Gasteiger partial charge on any atom is 0.330 e. The summed E-state index contributed by atoms with van der Waals surface area (Å²) in [6.07, 6.45) is 2.41. The van der Waals surface area contributed by atoms with E-state index in [9.17, 15) is 9.59 Å². The number of hydrogen-bond donors (Lipinski definition) is 1. The summed E-state index contributed by atoms with van der Waals surface area (Å²) in [6, 6.07) is -0.658. The van der Waals surface area contributed by atoms with E-state index < -0.39 is 18.0 Å². The van der Waals surface area contributed by atoms with Gasteiger partial charge in [0.15, 0.2) is 0 Å². The number of carbonyl (C=O) groups excluding carboxylic acids is 2. The fourth-order valence-corrected chi connectivity index (χ4v) is 0.759. The van der Waals surface area contributed by atoms with Gasteiger partial charge in [0.2, 0.25) is 0 Å². The first-order valence-corrected chi connectivity index (χ1v) is 4.05. The van der Waals surface area contributed by atoms with Crippen LogP contribution in [0.3, 0.4) is 0 Å². The number of carbonyl (C=O) groups is 2. The van der Waals surface area contributed by atoms with Crippen molar-refractivity contribution in [2.75, 3.05) is 0 Å². The Balaban J connectivity index is 3.69. The second kappa shape index (κ2) is 5.71. The zero-order valence-electron chi connectivity index (χ0n) is 7.50. The van der Waals surface area contributed by atoms with Crippen LogP contribution in [0.25, 0.3) is 0 Å². The summed E-state index contributed by atoms with van der Waals surface area (Å²) < 4.78 is 4.31. The van der Waals surface area contributed by atoms with E-state index in [0.29, 0.717) is 6.42 Å². The maximum absolute atomic E-state index is 10.9. The molecule has 4 heteroatoms. The Morgan fingerprint density at radius 2 is 2.08 bits per heavy atom.